The molecule has 4 aromatic rings. The predicted molar refractivity (Wildman–Crippen MR) is 102 cm³/mol. The van der Waals surface area contributed by atoms with E-state index in [1.165, 1.54) is 6.92 Å². The Bertz CT molecular complexity index is 1200. The van der Waals surface area contributed by atoms with Crippen LogP contribution >= 0.6 is 0 Å². The smallest absolute Gasteiger partial charge is 0.222 e. The molecular formula is C20H14N6O. The van der Waals surface area contributed by atoms with Crippen molar-refractivity contribution in [1.82, 2.24) is 19.9 Å². The molecule has 4 aromatic heterocycles. The SMILES string of the molecule is CC(=O)Nc1cc(-c2[nH]c3cccnc3c2-c2ccnc(C#N)c2)ccn1. The molecule has 0 spiro atoms. The average Bonchev–Trinajstić information content (AvgIpc) is 3.07. The zero-order valence-electron chi connectivity index (χ0n) is 14.4. The number of nitriles is 1. The number of carbonyl (C=O) groups excluding carboxylic acids is 1. The summed E-state index contributed by atoms with van der Waals surface area (Å²) in [6.07, 6.45) is 4.97. The maximum Gasteiger partial charge on any atom is 0.222 e. The van der Waals surface area contributed by atoms with Gasteiger partial charge >= 0.3 is 0 Å². The van der Waals surface area contributed by atoms with Crippen LogP contribution in [0, 0.1) is 11.3 Å². The minimum Gasteiger partial charge on any atom is -0.353 e. The van der Waals surface area contributed by atoms with Crippen molar-refractivity contribution >= 4 is 22.8 Å². The Morgan fingerprint density at radius 3 is 2.70 bits per heavy atom. The van der Waals surface area contributed by atoms with Gasteiger partial charge in [0.05, 0.1) is 16.7 Å². The molecule has 130 valence electrons. The van der Waals surface area contributed by atoms with Gasteiger partial charge in [0.1, 0.15) is 17.6 Å². The Morgan fingerprint density at radius 2 is 1.89 bits per heavy atom. The van der Waals surface area contributed by atoms with Gasteiger partial charge in [0.2, 0.25) is 5.91 Å². The van der Waals surface area contributed by atoms with Gasteiger partial charge in [-0.05, 0) is 42.0 Å². The van der Waals surface area contributed by atoms with Crippen molar-refractivity contribution in [2.24, 2.45) is 0 Å². The lowest BCUT2D eigenvalue weighted by atomic mass is 10.0. The van der Waals surface area contributed by atoms with Gasteiger partial charge in [-0.15, -0.1) is 0 Å². The normalized spacial score (nSPS) is 10.5. The Labute approximate surface area is 154 Å². The van der Waals surface area contributed by atoms with Gasteiger partial charge in [0.25, 0.3) is 0 Å². The number of carbonyl (C=O) groups is 1. The van der Waals surface area contributed by atoms with Crippen LogP contribution in [0.1, 0.15) is 12.6 Å². The van der Waals surface area contributed by atoms with E-state index in [-0.39, 0.29) is 5.91 Å². The first kappa shape index (κ1) is 16.4. The molecule has 7 heteroatoms. The molecule has 0 aliphatic rings. The monoisotopic (exact) mass is 354 g/mol. The van der Waals surface area contributed by atoms with Gasteiger partial charge in [0.15, 0.2) is 0 Å². The van der Waals surface area contributed by atoms with E-state index in [9.17, 15) is 10.1 Å². The van der Waals surface area contributed by atoms with Crippen molar-refractivity contribution in [3.05, 3.63) is 60.7 Å². The molecule has 0 unspecified atom stereocenters. The Morgan fingerprint density at radius 1 is 1.07 bits per heavy atom. The summed E-state index contributed by atoms with van der Waals surface area (Å²) >= 11 is 0. The average molecular weight is 354 g/mol. The Hall–Kier alpha value is -4.05. The molecule has 0 aliphatic heterocycles. The van der Waals surface area contributed by atoms with Crippen LogP contribution in [0.2, 0.25) is 0 Å². The summed E-state index contributed by atoms with van der Waals surface area (Å²) in [5, 5.41) is 11.9. The molecule has 0 atom stereocenters. The van der Waals surface area contributed by atoms with Crippen molar-refractivity contribution in [2.75, 3.05) is 5.32 Å². The fourth-order valence-corrected chi connectivity index (χ4v) is 3.00. The number of hydrogen-bond donors (Lipinski definition) is 2. The fourth-order valence-electron chi connectivity index (χ4n) is 3.00. The number of fused-ring (bicyclic) bond motifs is 1. The minimum atomic E-state index is -0.189. The molecule has 1 amide bonds. The number of H-pyrrole nitrogens is 1. The van der Waals surface area contributed by atoms with E-state index < -0.39 is 0 Å². The van der Waals surface area contributed by atoms with Crippen LogP contribution in [0.25, 0.3) is 33.4 Å². The van der Waals surface area contributed by atoms with E-state index in [0.717, 1.165) is 33.4 Å². The maximum absolute atomic E-state index is 11.4. The van der Waals surface area contributed by atoms with E-state index in [1.807, 2.05) is 24.3 Å². The standard InChI is InChI=1S/C20H14N6O/c1-12(27)25-17-10-14(5-8-23-17)19-18(13-4-7-22-15(9-13)11-21)20-16(26-19)3-2-6-24-20/h2-10,26H,1H3,(H,23,25,27). The highest BCUT2D eigenvalue weighted by atomic mass is 16.1. The number of amides is 1. The van der Waals surface area contributed by atoms with Gasteiger partial charge in [-0.1, -0.05) is 0 Å². The molecule has 0 fully saturated rings. The van der Waals surface area contributed by atoms with E-state index in [4.69, 9.17) is 0 Å². The molecule has 0 aliphatic carbocycles. The molecule has 4 heterocycles. The van der Waals surface area contributed by atoms with Crippen LogP contribution in [0.5, 0.6) is 0 Å². The van der Waals surface area contributed by atoms with Crippen LogP contribution < -0.4 is 5.32 Å². The van der Waals surface area contributed by atoms with E-state index >= 15 is 0 Å². The number of anilines is 1. The highest BCUT2D eigenvalue weighted by molar-refractivity contribution is 6.01. The topological polar surface area (TPSA) is 107 Å². The van der Waals surface area contributed by atoms with Crippen LogP contribution in [0.4, 0.5) is 5.82 Å². The van der Waals surface area contributed by atoms with E-state index in [1.54, 1.807) is 30.7 Å². The van der Waals surface area contributed by atoms with Crippen molar-refractivity contribution in [3.8, 4) is 28.5 Å². The highest BCUT2D eigenvalue weighted by Gasteiger charge is 2.17. The molecule has 27 heavy (non-hydrogen) atoms. The van der Waals surface area contributed by atoms with Crippen LogP contribution in [-0.4, -0.2) is 25.8 Å². The van der Waals surface area contributed by atoms with Gasteiger partial charge < -0.3 is 10.3 Å². The lowest BCUT2D eigenvalue weighted by Gasteiger charge is -2.07. The molecule has 0 radical (unpaired) electrons. The quantitative estimate of drug-likeness (QED) is 0.585. The van der Waals surface area contributed by atoms with Crippen LogP contribution in [0.3, 0.4) is 0 Å². The fraction of sp³-hybridized carbons (Fsp3) is 0.0500. The summed E-state index contributed by atoms with van der Waals surface area (Å²) in [6, 6.07) is 13.1. The van der Waals surface area contributed by atoms with Crippen molar-refractivity contribution in [3.63, 3.8) is 0 Å². The number of nitrogens with zero attached hydrogens (tertiary/aromatic N) is 4. The summed E-state index contributed by atoms with van der Waals surface area (Å²) in [4.78, 5) is 27.5. The predicted octanol–water partition coefficient (Wildman–Crippen LogP) is 3.52. The first-order valence-electron chi connectivity index (χ1n) is 8.23. The zero-order chi connectivity index (χ0) is 18.8. The molecular weight excluding hydrogens is 340 g/mol. The lowest BCUT2D eigenvalue weighted by Crippen LogP contribution is -2.07. The third-order valence-electron chi connectivity index (χ3n) is 4.07. The maximum atomic E-state index is 11.4. The number of aromatic nitrogens is 4. The van der Waals surface area contributed by atoms with Gasteiger partial charge in [0, 0.05) is 36.6 Å². The minimum absolute atomic E-state index is 0.189. The summed E-state index contributed by atoms with van der Waals surface area (Å²) in [5.41, 5.74) is 5.36. The molecule has 2 N–H and O–H groups in total. The van der Waals surface area contributed by atoms with Crippen molar-refractivity contribution < 1.29 is 4.79 Å². The number of rotatable bonds is 3. The van der Waals surface area contributed by atoms with Crippen molar-refractivity contribution in [1.29, 1.82) is 5.26 Å². The summed E-state index contributed by atoms with van der Waals surface area (Å²) in [7, 11) is 0. The molecule has 4 rings (SSSR count). The summed E-state index contributed by atoms with van der Waals surface area (Å²) in [5.74, 6) is 0.274. The lowest BCUT2D eigenvalue weighted by molar-refractivity contribution is -0.114. The van der Waals surface area contributed by atoms with Gasteiger partial charge in [-0.25, -0.2) is 9.97 Å². The molecule has 0 saturated carbocycles. The first-order chi connectivity index (χ1) is 13.2. The number of pyridine rings is 3. The first-order valence-corrected chi connectivity index (χ1v) is 8.23. The third kappa shape index (κ3) is 3.12. The third-order valence-corrected chi connectivity index (χ3v) is 4.07. The Kier molecular flexibility index (Phi) is 4.07. The molecule has 0 saturated heterocycles. The molecule has 0 bridgehead atoms. The number of hydrogen-bond acceptors (Lipinski definition) is 5. The highest BCUT2D eigenvalue weighted by Crippen LogP contribution is 2.37. The molecule has 7 nitrogen and oxygen atoms in total. The van der Waals surface area contributed by atoms with Crippen molar-refractivity contribution in [2.45, 2.75) is 6.92 Å². The van der Waals surface area contributed by atoms with Crippen LogP contribution in [0.15, 0.2) is 55.0 Å². The summed E-state index contributed by atoms with van der Waals surface area (Å²) in [6.45, 7) is 1.44. The second-order valence-electron chi connectivity index (χ2n) is 5.93. The number of aromatic amines is 1. The number of nitrogens with one attached hydrogen (secondary N) is 2. The van der Waals surface area contributed by atoms with E-state index in [0.29, 0.717) is 11.5 Å². The Balaban J connectivity index is 1.96. The second-order valence-corrected chi connectivity index (χ2v) is 5.93. The largest absolute Gasteiger partial charge is 0.353 e. The zero-order valence-corrected chi connectivity index (χ0v) is 14.4. The second kappa shape index (κ2) is 6.69. The van der Waals surface area contributed by atoms with Crippen LogP contribution in [-0.2, 0) is 4.79 Å². The van der Waals surface area contributed by atoms with E-state index in [2.05, 4.69) is 31.3 Å². The summed E-state index contributed by atoms with van der Waals surface area (Å²) < 4.78 is 0. The van der Waals surface area contributed by atoms with Gasteiger partial charge in [-0.3, -0.25) is 9.78 Å². The molecule has 0 aromatic carbocycles. The van der Waals surface area contributed by atoms with Gasteiger partial charge in [-0.2, -0.15) is 5.26 Å².